The number of likely N-dealkylation sites (N-methyl/N-ethyl adjacent to an activating group) is 1. The second-order valence-electron chi connectivity index (χ2n) is 6.93. The first kappa shape index (κ1) is 13.4. The molecule has 17 heavy (non-hydrogen) atoms. The fourth-order valence-electron chi connectivity index (χ4n) is 3.30. The molecule has 2 nitrogen and oxygen atoms in total. The molecule has 0 aromatic heterocycles. The van der Waals surface area contributed by atoms with Crippen molar-refractivity contribution in [3.63, 3.8) is 0 Å². The molecule has 2 fully saturated rings. The first-order valence-corrected chi connectivity index (χ1v) is 7.49. The van der Waals surface area contributed by atoms with Gasteiger partial charge in [0.1, 0.15) is 0 Å². The molecule has 0 radical (unpaired) electrons. The van der Waals surface area contributed by atoms with Crippen LogP contribution in [0.15, 0.2) is 0 Å². The van der Waals surface area contributed by atoms with Gasteiger partial charge in [-0.2, -0.15) is 0 Å². The maximum Gasteiger partial charge on any atom is 0.0254 e. The number of nitrogens with zero attached hydrogens (tertiary/aromatic N) is 1. The van der Waals surface area contributed by atoms with Crippen LogP contribution in [-0.2, 0) is 0 Å². The molecular weight excluding hydrogens is 208 g/mol. The van der Waals surface area contributed by atoms with Gasteiger partial charge in [0.15, 0.2) is 0 Å². The molecule has 0 amide bonds. The first-order chi connectivity index (χ1) is 8.03. The zero-order valence-corrected chi connectivity index (χ0v) is 12.1. The van der Waals surface area contributed by atoms with Gasteiger partial charge in [-0.05, 0) is 57.5 Å². The maximum absolute atomic E-state index is 3.78. The van der Waals surface area contributed by atoms with Gasteiger partial charge in [0.05, 0.1) is 0 Å². The summed E-state index contributed by atoms with van der Waals surface area (Å²) in [7, 11) is 2.35. The molecule has 2 aliphatic rings. The molecule has 100 valence electrons. The Balaban J connectivity index is 1.97. The van der Waals surface area contributed by atoms with Gasteiger partial charge in [-0.25, -0.2) is 0 Å². The van der Waals surface area contributed by atoms with Crippen LogP contribution >= 0.6 is 0 Å². The van der Waals surface area contributed by atoms with E-state index < -0.39 is 0 Å². The Morgan fingerprint density at radius 2 is 1.94 bits per heavy atom. The molecule has 0 heterocycles. The predicted molar refractivity (Wildman–Crippen MR) is 74.3 cm³/mol. The monoisotopic (exact) mass is 238 g/mol. The van der Waals surface area contributed by atoms with E-state index >= 15 is 0 Å². The summed E-state index contributed by atoms with van der Waals surface area (Å²) < 4.78 is 0. The molecule has 2 unspecified atom stereocenters. The zero-order valence-electron chi connectivity index (χ0n) is 12.1. The fourth-order valence-corrected chi connectivity index (χ4v) is 3.30. The molecule has 0 spiro atoms. The molecule has 2 aliphatic carbocycles. The molecular formula is C15H30N2. The van der Waals surface area contributed by atoms with Gasteiger partial charge in [-0.1, -0.05) is 20.8 Å². The number of rotatable bonds is 5. The van der Waals surface area contributed by atoms with Crippen molar-refractivity contribution in [2.24, 2.45) is 5.41 Å². The summed E-state index contributed by atoms with van der Waals surface area (Å²) in [5.74, 6) is 0. The highest BCUT2D eigenvalue weighted by Crippen LogP contribution is 2.40. The molecule has 0 aromatic carbocycles. The maximum atomic E-state index is 3.78. The summed E-state index contributed by atoms with van der Waals surface area (Å²) in [6.07, 6.45) is 8.20. The lowest BCUT2D eigenvalue weighted by molar-refractivity contribution is 0.0772. The van der Waals surface area contributed by atoms with E-state index in [0.717, 1.165) is 18.1 Å². The van der Waals surface area contributed by atoms with Crippen LogP contribution in [0.5, 0.6) is 0 Å². The van der Waals surface area contributed by atoms with Crippen LogP contribution in [0.25, 0.3) is 0 Å². The van der Waals surface area contributed by atoms with E-state index in [1.54, 1.807) is 0 Å². The third-order valence-electron chi connectivity index (χ3n) is 4.66. The Labute approximate surface area is 107 Å². The Bertz CT molecular complexity index is 245. The summed E-state index contributed by atoms with van der Waals surface area (Å²) in [5, 5.41) is 3.78. The van der Waals surface area contributed by atoms with Crippen molar-refractivity contribution < 1.29 is 0 Å². The van der Waals surface area contributed by atoms with Crippen molar-refractivity contribution in [1.29, 1.82) is 0 Å². The van der Waals surface area contributed by atoms with E-state index in [1.165, 1.54) is 45.1 Å². The first-order valence-electron chi connectivity index (χ1n) is 7.49. The summed E-state index contributed by atoms with van der Waals surface area (Å²) >= 11 is 0. The van der Waals surface area contributed by atoms with E-state index in [4.69, 9.17) is 0 Å². The Morgan fingerprint density at radius 3 is 2.53 bits per heavy atom. The second kappa shape index (κ2) is 5.27. The SMILES string of the molecule is CCCNC1CCC(C)(C)CC1N(C)C1CC1. The molecule has 0 bridgehead atoms. The van der Waals surface area contributed by atoms with Crippen LogP contribution < -0.4 is 5.32 Å². The van der Waals surface area contributed by atoms with Gasteiger partial charge in [-0.15, -0.1) is 0 Å². The van der Waals surface area contributed by atoms with E-state index in [2.05, 4.69) is 38.0 Å². The average Bonchev–Trinajstić information content (AvgIpc) is 3.09. The van der Waals surface area contributed by atoms with Crippen LogP contribution in [-0.4, -0.2) is 36.6 Å². The lowest BCUT2D eigenvalue weighted by Gasteiger charge is -2.45. The van der Waals surface area contributed by atoms with Gasteiger partial charge >= 0.3 is 0 Å². The van der Waals surface area contributed by atoms with Crippen LogP contribution in [0.1, 0.15) is 59.3 Å². The summed E-state index contributed by atoms with van der Waals surface area (Å²) in [4.78, 5) is 2.67. The van der Waals surface area contributed by atoms with E-state index in [-0.39, 0.29) is 0 Å². The standard InChI is InChI=1S/C15H30N2/c1-5-10-16-13-8-9-15(2,3)11-14(13)17(4)12-6-7-12/h12-14,16H,5-11H2,1-4H3. The van der Waals surface area contributed by atoms with Gasteiger partial charge in [-0.3, -0.25) is 4.90 Å². The minimum absolute atomic E-state index is 0.540. The normalized spacial score (nSPS) is 33.0. The van der Waals surface area contributed by atoms with Crippen LogP contribution in [0.2, 0.25) is 0 Å². The van der Waals surface area contributed by atoms with Crippen molar-refractivity contribution in [3.05, 3.63) is 0 Å². The van der Waals surface area contributed by atoms with Gasteiger partial charge in [0.2, 0.25) is 0 Å². The molecule has 0 aromatic rings. The summed E-state index contributed by atoms with van der Waals surface area (Å²) in [5.41, 5.74) is 0.540. The van der Waals surface area contributed by atoms with Crippen molar-refractivity contribution in [2.75, 3.05) is 13.6 Å². The lowest BCUT2D eigenvalue weighted by atomic mass is 9.72. The number of nitrogens with one attached hydrogen (secondary N) is 1. The third-order valence-corrected chi connectivity index (χ3v) is 4.66. The molecule has 2 atom stereocenters. The topological polar surface area (TPSA) is 15.3 Å². The molecule has 2 saturated carbocycles. The van der Waals surface area contributed by atoms with E-state index in [1.807, 2.05) is 0 Å². The highest BCUT2D eigenvalue weighted by molar-refractivity contribution is 4.97. The quantitative estimate of drug-likeness (QED) is 0.792. The van der Waals surface area contributed by atoms with Crippen LogP contribution in [0.3, 0.4) is 0 Å². The van der Waals surface area contributed by atoms with E-state index in [9.17, 15) is 0 Å². The van der Waals surface area contributed by atoms with E-state index in [0.29, 0.717) is 5.41 Å². The van der Waals surface area contributed by atoms with Crippen LogP contribution in [0, 0.1) is 5.41 Å². The Morgan fingerprint density at radius 1 is 1.24 bits per heavy atom. The fraction of sp³-hybridized carbons (Fsp3) is 1.00. The van der Waals surface area contributed by atoms with Crippen LogP contribution in [0.4, 0.5) is 0 Å². The molecule has 1 N–H and O–H groups in total. The second-order valence-corrected chi connectivity index (χ2v) is 6.93. The smallest absolute Gasteiger partial charge is 0.0254 e. The largest absolute Gasteiger partial charge is 0.312 e. The minimum atomic E-state index is 0.540. The highest BCUT2D eigenvalue weighted by atomic mass is 15.2. The van der Waals surface area contributed by atoms with Gasteiger partial charge in [0.25, 0.3) is 0 Å². The number of hydrogen-bond acceptors (Lipinski definition) is 2. The molecule has 0 saturated heterocycles. The Hall–Kier alpha value is -0.0800. The van der Waals surface area contributed by atoms with Crippen molar-refractivity contribution in [2.45, 2.75) is 77.4 Å². The Kier molecular flexibility index (Phi) is 4.14. The molecule has 2 rings (SSSR count). The zero-order chi connectivity index (χ0) is 12.5. The minimum Gasteiger partial charge on any atom is -0.312 e. The average molecular weight is 238 g/mol. The van der Waals surface area contributed by atoms with Gasteiger partial charge in [0, 0.05) is 18.1 Å². The summed E-state index contributed by atoms with van der Waals surface area (Å²) in [6, 6.07) is 2.38. The number of hydrogen-bond donors (Lipinski definition) is 1. The molecule has 0 aliphatic heterocycles. The third kappa shape index (κ3) is 3.45. The summed E-state index contributed by atoms with van der Waals surface area (Å²) in [6.45, 7) is 8.33. The lowest BCUT2D eigenvalue weighted by Crippen LogP contribution is -2.54. The highest BCUT2D eigenvalue weighted by Gasteiger charge is 2.40. The predicted octanol–water partition coefficient (Wildman–Crippen LogP) is 3.03. The van der Waals surface area contributed by atoms with Crippen molar-refractivity contribution >= 4 is 0 Å². The van der Waals surface area contributed by atoms with Crippen molar-refractivity contribution in [3.8, 4) is 0 Å². The van der Waals surface area contributed by atoms with Crippen molar-refractivity contribution in [1.82, 2.24) is 10.2 Å². The van der Waals surface area contributed by atoms with Gasteiger partial charge < -0.3 is 5.32 Å². The molecule has 2 heteroatoms.